The van der Waals surface area contributed by atoms with Crippen LogP contribution < -0.4 is 10.1 Å². The number of nitrogens with one attached hydrogen (secondary N) is 1. The van der Waals surface area contributed by atoms with Gasteiger partial charge >= 0.3 is 0 Å². The summed E-state index contributed by atoms with van der Waals surface area (Å²) in [5.74, 6) is 0.721. The first-order chi connectivity index (χ1) is 11.5. The zero-order chi connectivity index (χ0) is 17.5. The summed E-state index contributed by atoms with van der Waals surface area (Å²) in [4.78, 5) is 0. The van der Waals surface area contributed by atoms with E-state index in [0.717, 1.165) is 24.2 Å². The van der Waals surface area contributed by atoms with Gasteiger partial charge < -0.3 is 10.1 Å². The van der Waals surface area contributed by atoms with Crippen LogP contribution in [0.4, 0.5) is 0 Å². The SMILES string of the molecule is CC(C)Oc1c(Cl)cc(Cl)cc1CN[C@@H](C)CCc1ccccc1. The molecule has 0 aliphatic heterocycles. The van der Waals surface area contributed by atoms with Crippen LogP contribution in [0.5, 0.6) is 5.75 Å². The van der Waals surface area contributed by atoms with Gasteiger partial charge in [-0.1, -0.05) is 53.5 Å². The highest BCUT2D eigenvalue weighted by molar-refractivity contribution is 6.35. The average molecular weight is 366 g/mol. The molecule has 0 bridgehead atoms. The van der Waals surface area contributed by atoms with Crippen molar-refractivity contribution in [3.05, 3.63) is 63.6 Å². The third-order valence-electron chi connectivity index (χ3n) is 3.79. The number of rotatable bonds is 8. The molecular formula is C20H25Cl2NO. The fourth-order valence-corrected chi connectivity index (χ4v) is 3.11. The van der Waals surface area contributed by atoms with Gasteiger partial charge in [0.2, 0.25) is 0 Å². The summed E-state index contributed by atoms with van der Waals surface area (Å²) in [5.41, 5.74) is 2.36. The Balaban J connectivity index is 1.95. The molecular weight excluding hydrogens is 341 g/mol. The molecule has 1 atom stereocenters. The summed E-state index contributed by atoms with van der Waals surface area (Å²) < 4.78 is 5.86. The Kier molecular flexibility index (Phi) is 7.41. The van der Waals surface area contributed by atoms with Gasteiger partial charge in [0, 0.05) is 23.2 Å². The molecule has 2 aromatic rings. The van der Waals surface area contributed by atoms with Crippen LogP contribution in [0.25, 0.3) is 0 Å². The Bertz CT molecular complexity index is 644. The van der Waals surface area contributed by atoms with Gasteiger partial charge in [-0.25, -0.2) is 0 Å². The standard InChI is InChI=1S/C20H25Cl2NO/c1-14(2)24-20-17(11-18(21)12-19(20)22)13-23-15(3)9-10-16-7-5-4-6-8-16/h4-8,11-12,14-15,23H,9-10,13H2,1-3H3/t15-/m0/s1. The van der Waals surface area contributed by atoms with Crippen molar-refractivity contribution in [2.45, 2.75) is 52.3 Å². The Morgan fingerprint density at radius 3 is 2.42 bits per heavy atom. The number of hydrogen-bond donors (Lipinski definition) is 1. The van der Waals surface area contributed by atoms with Gasteiger partial charge in [-0.05, 0) is 51.3 Å². The minimum atomic E-state index is 0.0675. The van der Waals surface area contributed by atoms with Crippen molar-refractivity contribution in [3.8, 4) is 5.75 Å². The number of hydrogen-bond acceptors (Lipinski definition) is 2. The van der Waals surface area contributed by atoms with Crippen LogP contribution in [-0.4, -0.2) is 12.1 Å². The van der Waals surface area contributed by atoms with Crippen molar-refractivity contribution in [1.82, 2.24) is 5.32 Å². The predicted octanol–water partition coefficient (Wildman–Crippen LogP) is 5.89. The third-order valence-corrected chi connectivity index (χ3v) is 4.29. The topological polar surface area (TPSA) is 21.3 Å². The monoisotopic (exact) mass is 365 g/mol. The second-order valence-electron chi connectivity index (χ2n) is 6.35. The first-order valence-electron chi connectivity index (χ1n) is 8.37. The molecule has 130 valence electrons. The van der Waals surface area contributed by atoms with Crippen LogP contribution in [0.1, 0.15) is 38.3 Å². The van der Waals surface area contributed by atoms with Gasteiger partial charge in [0.05, 0.1) is 11.1 Å². The maximum absolute atomic E-state index is 6.30. The van der Waals surface area contributed by atoms with Crippen molar-refractivity contribution in [2.24, 2.45) is 0 Å². The number of ether oxygens (including phenoxy) is 1. The van der Waals surface area contributed by atoms with Gasteiger partial charge in [-0.3, -0.25) is 0 Å². The minimum absolute atomic E-state index is 0.0675. The lowest BCUT2D eigenvalue weighted by atomic mass is 10.1. The van der Waals surface area contributed by atoms with Crippen LogP contribution in [0.2, 0.25) is 10.0 Å². The van der Waals surface area contributed by atoms with E-state index >= 15 is 0 Å². The number of halogens is 2. The van der Waals surface area contributed by atoms with Crippen LogP contribution in [-0.2, 0) is 13.0 Å². The molecule has 2 nitrogen and oxygen atoms in total. The van der Waals surface area contributed by atoms with Crippen molar-refractivity contribution in [3.63, 3.8) is 0 Å². The molecule has 0 aliphatic carbocycles. The van der Waals surface area contributed by atoms with E-state index in [0.29, 0.717) is 22.6 Å². The molecule has 0 radical (unpaired) electrons. The summed E-state index contributed by atoms with van der Waals surface area (Å²) in [7, 11) is 0. The van der Waals surface area contributed by atoms with Crippen LogP contribution >= 0.6 is 23.2 Å². The lowest BCUT2D eigenvalue weighted by Crippen LogP contribution is -2.26. The zero-order valence-electron chi connectivity index (χ0n) is 14.5. The first-order valence-corrected chi connectivity index (χ1v) is 9.13. The molecule has 0 saturated heterocycles. The largest absolute Gasteiger partial charge is 0.489 e. The summed E-state index contributed by atoms with van der Waals surface area (Å²) >= 11 is 12.4. The van der Waals surface area contributed by atoms with E-state index in [2.05, 4.69) is 36.5 Å². The Morgan fingerprint density at radius 1 is 1.04 bits per heavy atom. The zero-order valence-corrected chi connectivity index (χ0v) is 16.0. The minimum Gasteiger partial charge on any atom is -0.489 e. The maximum atomic E-state index is 6.30. The molecule has 2 rings (SSSR count). The van der Waals surface area contributed by atoms with E-state index in [-0.39, 0.29) is 6.10 Å². The highest BCUT2D eigenvalue weighted by Crippen LogP contribution is 2.33. The molecule has 2 aromatic carbocycles. The summed E-state index contributed by atoms with van der Waals surface area (Å²) in [6, 6.07) is 14.6. The van der Waals surface area contributed by atoms with Crippen LogP contribution in [0.3, 0.4) is 0 Å². The summed E-state index contributed by atoms with van der Waals surface area (Å²) in [6.45, 7) is 6.85. The molecule has 1 N–H and O–H groups in total. The maximum Gasteiger partial charge on any atom is 0.142 e. The quantitative estimate of drug-likeness (QED) is 0.629. The molecule has 4 heteroatoms. The lowest BCUT2D eigenvalue weighted by Gasteiger charge is -2.19. The molecule has 0 fully saturated rings. The molecule has 0 aliphatic rings. The van der Waals surface area contributed by atoms with Crippen molar-refractivity contribution < 1.29 is 4.74 Å². The second-order valence-corrected chi connectivity index (χ2v) is 7.19. The summed E-state index contributed by atoms with van der Waals surface area (Å²) in [6.07, 6.45) is 2.19. The average Bonchev–Trinajstić information content (AvgIpc) is 2.54. The van der Waals surface area contributed by atoms with E-state index in [1.165, 1.54) is 5.56 Å². The summed E-state index contributed by atoms with van der Waals surface area (Å²) in [5, 5.41) is 4.73. The van der Waals surface area contributed by atoms with Crippen LogP contribution in [0.15, 0.2) is 42.5 Å². The molecule has 0 spiro atoms. The number of benzene rings is 2. The molecule has 0 saturated carbocycles. The van der Waals surface area contributed by atoms with Crippen molar-refractivity contribution in [2.75, 3.05) is 0 Å². The normalized spacial score (nSPS) is 12.4. The molecule has 0 heterocycles. The van der Waals surface area contributed by atoms with E-state index in [1.54, 1.807) is 6.07 Å². The van der Waals surface area contributed by atoms with Gasteiger partial charge in [-0.15, -0.1) is 0 Å². The predicted molar refractivity (Wildman–Crippen MR) is 103 cm³/mol. The highest BCUT2D eigenvalue weighted by atomic mass is 35.5. The fourth-order valence-electron chi connectivity index (χ4n) is 2.53. The van der Waals surface area contributed by atoms with Crippen LogP contribution in [0, 0.1) is 0 Å². The Hall–Kier alpha value is -1.22. The van der Waals surface area contributed by atoms with E-state index in [4.69, 9.17) is 27.9 Å². The molecule has 0 amide bonds. The Labute approximate surface area is 155 Å². The third kappa shape index (κ3) is 6.01. The van der Waals surface area contributed by atoms with E-state index in [9.17, 15) is 0 Å². The Morgan fingerprint density at radius 2 is 1.75 bits per heavy atom. The molecule has 0 aromatic heterocycles. The number of aryl methyl sites for hydroxylation is 1. The van der Waals surface area contributed by atoms with Crippen molar-refractivity contribution >= 4 is 23.2 Å². The smallest absolute Gasteiger partial charge is 0.142 e. The van der Waals surface area contributed by atoms with E-state index in [1.807, 2.05) is 26.0 Å². The highest BCUT2D eigenvalue weighted by Gasteiger charge is 2.13. The van der Waals surface area contributed by atoms with Gasteiger partial charge in [-0.2, -0.15) is 0 Å². The molecule has 0 unspecified atom stereocenters. The van der Waals surface area contributed by atoms with E-state index < -0.39 is 0 Å². The van der Waals surface area contributed by atoms with Gasteiger partial charge in [0.15, 0.2) is 0 Å². The first kappa shape index (κ1) is 19.1. The van der Waals surface area contributed by atoms with Crippen molar-refractivity contribution in [1.29, 1.82) is 0 Å². The lowest BCUT2D eigenvalue weighted by molar-refractivity contribution is 0.239. The van der Waals surface area contributed by atoms with Gasteiger partial charge in [0.25, 0.3) is 0 Å². The fraction of sp³-hybridized carbons (Fsp3) is 0.400. The van der Waals surface area contributed by atoms with Gasteiger partial charge in [0.1, 0.15) is 5.75 Å². The molecule has 24 heavy (non-hydrogen) atoms. The second kappa shape index (κ2) is 9.31.